The number of benzene rings is 2. The minimum Gasteiger partial charge on any atom is -0.478 e. The Labute approximate surface area is 124 Å². The molecule has 0 heterocycles. The number of aryl methyl sites for hydroxylation is 2. The molecule has 3 heteroatoms. The van der Waals surface area contributed by atoms with Gasteiger partial charge in [-0.3, -0.25) is 0 Å². The van der Waals surface area contributed by atoms with Crippen LogP contribution in [0.3, 0.4) is 0 Å². The molecule has 0 aliphatic heterocycles. The van der Waals surface area contributed by atoms with Crippen molar-refractivity contribution in [2.24, 2.45) is 0 Å². The summed E-state index contributed by atoms with van der Waals surface area (Å²) in [5.74, 6) is -0.882. The molecule has 21 heavy (non-hydrogen) atoms. The van der Waals surface area contributed by atoms with Crippen molar-refractivity contribution in [1.29, 1.82) is 0 Å². The van der Waals surface area contributed by atoms with Crippen molar-refractivity contribution < 1.29 is 9.90 Å². The number of carboxylic acids is 1. The van der Waals surface area contributed by atoms with Gasteiger partial charge in [0.15, 0.2) is 0 Å². The number of rotatable bonds is 3. The Kier molecular flexibility index (Phi) is 3.65. The molecule has 0 spiro atoms. The molecule has 0 saturated heterocycles. The maximum Gasteiger partial charge on any atom is 0.335 e. The molecule has 3 nitrogen and oxygen atoms in total. The van der Waals surface area contributed by atoms with Crippen LogP contribution in [0.4, 0.5) is 5.69 Å². The fraction of sp³-hybridized carbons (Fsp3) is 0.278. The molecule has 2 aromatic carbocycles. The van der Waals surface area contributed by atoms with E-state index in [1.54, 1.807) is 12.1 Å². The highest BCUT2D eigenvalue weighted by atomic mass is 16.4. The van der Waals surface area contributed by atoms with Crippen molar-refractivity contribution in [3.8, 4) is 0 Å². The van der Waals surface area contributed by atoms with Crippen LogP contribution in [0, 0.1) is 6.92 Å². The van der Waals surface area contributed by atoms with Crippen LogP contribution in [0.5, 0.6) is 0 Å². The highest BCUT2D eigenvalue weighted by molar-refractivity contribution is 5.89. The normalized spacial score (nSPS) is 17.1. The van der Waals surface area contributed by atoms with E-state index in [4.69, 9.17) is 5.11 Å². The standard InChI is InChI=1S/C18H19NO2/c1-12-6-7-15(18(20)21)11-17(12)19-16-9-8-13-4-2-3-5-14(13)10-16/h2-7,11,16,19H,8-10H2,1H3,(H,20,21). The maximum absolute atomic E-state index is 11.1. The first-order chi connectivity index (χ1) is 10.1. The van der Waals surface area contributed by atoms with Gasteiger partial charge in [-0.15, -0.1) is 0 Å². The lowest BCUT2D eigenvalue weighted by Gasteiger charge is -2.27. The van der Waals surface area contributed by atoms with Crippen LogP contribution >= 0.6 is 0 Å². The van der Waals surface area contributed by atoms with E-state index in [0.29, 0.717) is 11.6 Å². The van der Waals surface area contributed by atoms with Crippen molar-refractivity contribution in [3.05, 3.63) is 64.7 Å². The quantitative estimate of drug-likeness (QED) is 0.902. The number of nitrogens with one attached hydrogen (secondary N) is 1. The molecule has 1 unspecified atom stereocenters. The van der Waals surface area contributed by atoms with Gasteiger partial charge in [-0.05, 0) is 55.0 Å². The zero-order chi connectivity index (χ0) is 14.8. The SMILES string of the molecule is Cc1ccc(C(=O)O)cc1NC1CCc2ccccc2C1. The van der Waals surface area contributed by atoms with Crippen molar-refractivity contribution in [1.82, 2.24) is 0 Å². The van der Waals surface area contributed by atoms with Gasteiger partial charge in [0.2, 0.25) is 0 Å². The predicted molar refractivity (Wildman–Crippen MR) is 84.0 cm³/mol. The Morgan fingerprint density at radius 2 is 1.95 bits per heavy atom. The number of anilines is 1. The molecule has 108 valence electrons. The molecule has 3 rings (SSSR count). The molecular weight excluding hydrogens is 262 g/mol. The fourth-order valence-corrected chi connectivity index (χ4v) is 2.95. The van der Waals surface area contributed by atoms with Gasteiger partial charge in [-0.2, -0.15) is 0 Å². The lowest BCUT2D eigenvalue weighted by atomic mass is 9.88. The number of carbonyl (C=O) groups is 1. The molecule has 0 bridgehead atoms. The Hall–Kier alpha value is -2.29. The van der Waals surface area contributed by atoms with Crippen LogP contribution < -0.4 is 5.32 Å². The Morgan fingerprint density at radius 1 is 1.19 bits per heavy atom. The minimum absolute atomic E-state index is 0.333. The topological polar surface area (TPSA) is 49.3 Å². The zero-order valence-electron chi connectivity index (χ0n) is 12.1. The molecule has 1 aliphatic rings. The molecule has 1 atom stereocenters. The first kappa shape index (κ1) is 13.7. The second-order valence-electron chi connectivity index (χ2n) is 5.69. The van der Waals surface area contributed by atoms with E-state index in [0.717, 1.165) is 30.5 Å². The average molecular weight is 281 g/mol. The highest BCUT2D eigenvalue weighted by Crippen LogP contribution is 2.25. The third-order valence-electron chi connectivity index (χ3n) is 4.19. The Bertz CT molecular complexity index is 679. The summed E-state index contributed by atoms with van der Waals surface area (Å²) in [7, 11) is 0. The molecule has 0 aromatic heterocycles. The molecule has 0 radical (unpaired) electrons. The number of fused-ring (bicyclic) bond motifs is 1. The molecule has 0 amide bonds. The van der Waals surface area contributed by atoms with Crippen LogP contribution in [0.25, 0.3) is 0 Å². The molecule has 0 saturated carbocycles. The van der Waals surface area contributed by atoms with E-state index in [1.807, 2.05) is 13.0 Å². The number of aromatic carboxylic acids is 1. The van der Waals surface area contributed by atoms with E-state index in [9.17, 15) is 4.79 Å². The van der Waals surface area contributed by atoms with Gasteiger partial charge in [-0.1, -0.05) is 30.3 Å². The summed E-state index contributed by atoms with van der Waals surface area (Å²) in [4.78, 5) is 11.1. The van der Waals surface area contributed by atoms with Crippen molar-refractivity contribution in [3.63, 3.8) is 0 Å². The summed E-state index contributed by atoms with van der Waals surface area (Å²) < 4.78 is 0. The minimum atomic E-state index is -0.882. The second-order valence-corrected chi connectivity index (χ2v) is 5.69. The third kappa shape index (κ3) is 2.92. The highest BCUT2D eigenvalue weighted by Gasteiger charge is 2.18. The van der Waals surface area contributed by atoms with E-state index in [2.05, 4.69) is 29.6 Å². The van der Waals surface area contributed by atoms with Gasteiger partial charge in [-0.25, -0.2) is 4.79 Å². The van der Waals surface area contributed by atoms with Crippen molar-refractivity contribution >= 4 is 11.7 Å². The van der Waals surface area contributed by atoms with Crippen LogP contribution in [-0.4, -0.2) is 17.1 Å². The lowest BCUT2D eigenvalue weighted by Crippen LogP contribution is -2.27. The summed E-state index contributed by atoms with van der Waals surface area (Å²) in [5, 5.41) is 12.6. The first-order valence-corrected chi connectivity index (χ1v) is 7.31. The van der Waals surface area contributed by atoms with Gasteiger partial charge in [0, 0.05) is 11.7 Å². The fourth-order valence-electron chi connectivity index (χ4n) is 2.95. The van der Waals surface area contributed by atoms with Crippen molar-refractivity contribution in [2.45, 2.75) is 32.2 Å². The molecule has 1 aliphatic carbocycles. The average Bonchev–Trinajstić information content (AvgIpc) is 2.49. The summed E-state index contributed by atoms with van der Waals surface area (Å²) in [6.45, 7) is 2.00. The smallest absolute Gasteiger partial charge is 0.335 e. The summed E-state index contributed by atoms with van der Waals surface area (Å²) >= 11 is 0. The largest absolute Gasteiger partial charge is 0.478 e. The predicted octanol–water partition coefficient (Wildman–Crippen LogP) is 3.66. The van der Waals surface area contributed by atoms with Gasteiger partial charge in [0.25, 0.3) is 0 Å². The molecular formula is C18H19NO2. The maximum atomic E-state index is 11.1. The zero-order valence-corrected chi connectivity index (χ0v) is 12.1. The van der Waals surface area contributed by atoms with E-state index in [-0.39, 0.29) is 0 Å². The van der Waals surface area contributed by atoms with E-state index >= 15 is 0 Å². The third-order valence-corrected chi connectivity index (χ3v) is 4.19. The van der Waals surface area contributed by atoms with Crippen LogP contribution in [0.1, 0.15) is 33.5 Å². The summed E-state index contributed by atoms with van der Waals surface area (Å²) in [6, 6.07) is 14.2. The van der Waals surface area contributed by atoms with E-state index < -0.39 is 5.97 Å². The molecule has 2 N–H and O–H groups in total. The molecule has 2 aromatic rings. The van der Waals surface area contributed by atoms with Gasteiger partial charge in [0.1, 0.15) is 0 Å². The van der Waals surface area contributed by atoms with Gasteiger partial charge >= 0.3 is 5.97 Å². The number of hydrogen-bond donors (Lipinski definition) is 2. The van der Waals surface area contributed by atoms with Gasteiger partial charge < -0.3 is 10.4 Å². The summed E-state index contributed by atoms with van der Waals surface area (Å²) in [6.07, 6.45) is 3.15. The van der Waals surface area contributed by atoms with Crippen molar-refractivity contribution in [2.75, 3.05) is 5.32 Å². The number of hydrogen-bond acceptors (Lipinski definition) is 2. The summed E-state index contributed by atoms with van der Waals surface area (Å²) in [5.41, 5.74) is 5.18. The lowest BCUT2D eigenvalue weighted by molar-refractivity contribution is 0.0697. The van der Waals surface area contributed by atoms with Crippen LogP contribution in [-0.2, 0) is 12.8 Å². The monoisotopic (exact) mass is 281 g/mol. The Balaban J connectivity index is 1.79. The van der Waals surface area contributed by atoms with Crippen LogP contribution in [0.2, 0.25) is 0 Å². The second kappa shape index (κ2) is 5.60. The van der Waals surface area contributed by atoms with Gasteiger partial charge in [0.05, 0.1) is 5.56 Å². The molecule has 0 fully saturated rings. The van der Waals surface area contributed by atoms with Crippen LogP contribution in [0.15, 0.2) is 42.5 Å². The number of carboxylic acid groups (broad SMARTS) is 1. The Morgan fingerprint density at radius 3 is 2.71 bits per heavy atom. The van der Waals surface area contributed by atoms with E-state index in [1.165, 1.54) is 11.1 Å². The first-order valence-electron chi connectivity index (χ1n) is 7.31.